The van der Waals surface area contributed by atoms with Gasteiger partial charge in [0.25, 0.3) is 0 Å². The number of furan rings is 1. The number of likely N-dealkylation sites (tertiary alicyclic amines) is 1. The van der Waals surface area contributed by atoms with Crippen molar-refractivity contribution in [2.75, 3.05) is 18.4 Å². The van der Waals surface area contributed by atoms with Gasteiger partial charge < -0.3 is 14.6 Å². The van der Waals surface area contributed by atoms with Gasteiger partial charge in [0.15, 0.2) is 0 Å². The summed E-state index contributed by atoms with van der Waals surface area (Å²) in [5.74, 6) is 0.249. The molecule has 5 rings (SSSR count). The molecule has 1 atom stereocenters. The molecule has 2 aromatic heterocycles. The van der Waals surface area contributed by atoms with Crippen LogP contribution in [0, 0.1) is 12.8 Å². The number of carbonyl (C=O) groups is 2. The molecular formula is C26H25N3O3. The summed E-state index contributed by atoms with van der Waals surface area (Å²) in [4.78, 5) is 32.1. The molecule has 0 bridgehead atoms. The second-order valence-electron chi connectivity index (χ2n) is 8.43. The van der Waals surface area contributed by atoms with Crippen LogP contribution in [0.2, 0.25) is 0 Å². The van der Waals surface area contributed by atoms with Crippen molar-refractivity contribution >= 4 is 39.4 Å². The SMILES string of the molecule is Cc1cccc(NC(=O)C2CCCN(C(=O)Cc3coc4ccc5ccccc5c34)C2)n1. The number of benzene rings is 2. The van der Waals surface area contributed by atoms with E-state index in [2.05, 4.69) is 22.4 Å². The number of rotatable bonds is 4. The molecule has 1 fully saturated rings. The highest BCUT2D eigenvalue weighted by atomic mass is 16.3. The molecule has 1 unspecified atom stereocenters. The zero-order valence-electron chi connectivity index (χ0n) is 18.0. The number of hydrogen-bond acceptors (Lipinski definition) is 4. The van der Waals surface area contributed by atoms with Crippen LogP contribution >= 0.6 is 0 Å². The number of nitrogens with one attached hydrogen (secondary N) is 1. The summed E-state index contributed by atoms with van der Waals surface area (Å²) in [5.41, 5.74) is 2.52. The molecule has 162 valence electrons. The van der Waals surface area contributed by atoms with E-state index >= 15 is 0 Å². The van der Waals surface area contributed by atoms with Gasteiger partial charge in [-0.3, -0.25) is 9.59 Å². The minimum atomic E-state index is -0.239. The van der Waals surface area contributed by atoms with Crippen LogP contribution in [-0.2, 0) is 16.0 Å². The quantitative estimate of drug-likeness (QED) is 0.512. The van der Waals surface area contributed by atoms with Crippen LogP contribution in [0.25, 0.3) is 21.7 Å². The number of hydrogen-bond donors (Lipinski definition) is 1. The largest absolute Gasteiger partial charge is 0.464 e. The molecule has 32 heavy (non-hydrogen) atoms. The van der Waals surface area contributed by atoms with Crippen LogP contribution in [0.5, 0.6) is 0 Å². The molecule has 0 radical (unpaired) electrons. The monoisotopic (exact) mass is 427 g/mol. The maximum Gasteiger partial charge on any atom is 0.230 e. The van der Waals surface area contributed by atoms with E-state index in [-0.39, 0.29) is 24.2 Å². The van der Waals surface area contributed by atoms with Crippen molar-refractivity contribution in [2.24, 2.45) is 5.92 Å². The zero-order chi connectivity index (χ0) is 22.1. The Morgan fingerprint density at radius 2 is 2.00 bits per heavy atom. The number of piperidine rings is 1. The molecule has 6 nitrogen and oxygen atoms in total. The average molecular weight is 428 g/mol. The van der Waals surface area contributed by atoms with Crippen LogP contribution in [0.15, 0.2) is 65.3 Å². The lowest BCUT2D eigenvalue weighted by Crippen LogP contribution is -2.44. The van der Waals surface area contributed by atoms with Gasteiger partial charge in [-0.1, -0.05) is 36.4 Å². The molecule has 4 aromatic rings. The lowest BCUT2D eigenvalue weighted by atomic mass is 9.96. The lowest BCUT2D eigenvalue weighted by molar-refractivity contribution is -0.133. The van der Waals surface area contributed by atoms with E-state index in [0.717, 1.165) is 45.8 Å². The standard InChI is InChI=1S/C26H25N3O3/c1-17-6-4-10-23(27-17)28-26(31)19-8-5-13-29(15-19)24(30)14-20-16-32-22-12-11-18-7-2-3-9-21(18)25(20)22/h2-4,6-7,9-12,16,19H,5,8,13-15H2,1H3,(H,27,28,31). The number of carbonyl (C=O) groups excluding carboxylic acids is 2. The fourth-order valence-corrected chi connectivity index (χ4v) is 4.54. The number of nitrogens with zero attached hydrogens (tertiary/aromatic N) is 2. The molecular weight excluding hydrogens is 402 g/mol. The second kappa shape index (κ2) is 8.46. The Kier molecular flexibility index (Phi) is 5.35. The van der Waals surface area contributed by atoms with Gasteiger partial charge in [-0.05, 0) is 48.7 Å². The highest BCUT2D eigenvalue weighted by molar-refractivity contribution is 6.08. The third kappa shape index (κ3) is 3.96. The van der Waals surface area contributed by atoms with E-state index in [9.17, 15) is 9.59 Å². The topological polar surface area (TPSA) is 75.4 Å². The van der Waals surface area contributed by atoms with Gasteiger partial charge in [0.1, 0.15) is 11.4 Å². The van der Waals surface area contributed by atoms with Gasteiger partial charge in [-0.25, -0.2) is 4.98 Å². The lowest BCUT2D eigenvalue weighted by Gasteiger charge is -2.32. The first-order valence-corrected chi connectivity index (χ1v) is 11.0. The van der Waals surface area contributed by atoms with Crippen LogP contribution < -0.4 is 5.32 Å². The maximum absolute atomic E-state index is 13.2. The summed E-state index contributed by atoms with van der Waals surface area (Å²) in [7, 11) is 0. The normalized spacial score (nSPS) is 16.4. The Labute approximate surface area is 186 Å². The van der Waals surface area contributed by atoms with Gasteiger partial charge in [-0.2, -0.15) is 0 Å². The predicted molar refractivity (Wildman–Crippen MR) is 124 cm³/mol. The zero-order valence-corrected chi connectivity index (χ0v) is 18.0. The smallest absolute Gasteiger partial charge is 0.230 e. The fourth-order valence-electron chi connectivity index (χ4n) is 4.54. The number of pyridine rings is 1. The van der Waals surface area contributed by atoms with Crippen LogP contribution in [0.4, 0.5) is 5.82 Å². The van der Waals surface area contributed by atoms with Crippen LogP contribution in [0.3, 0.4) is 0 Å². The number of anilines is 1. The molecule has 0 spiro atoms. The Balaban J connectivity index is 1.31. The van der Waals surface area contributed by atoms with E-state index < -0.39 is 0 Å². The number of fused-ring (bicyclic) bond motifs is 3. The van der Waals surface area contributed by atoms with Gasteiger partial charge >= 0.3 is 0 Å². The number of aromatic nitrogens is 1. The highest BCUT2D eigenvalue weighted by Gasteiger charge is 2.29. The van der Waals surface area contributed by atoms with Crippen molar-refractivity contribution in [3.63, 3.8) is 0 Å². The minimum absolute atomic E-state index is 0.0202. The molecule has 1 saturated heterocycles. The summed E-state index contributed by atoms with van der Waals surface area (Å²) in [5, 5.41) is 6.10. The minimum Gasteiger partial charge on any atom is -0.464 e. The molecule has 0 aliphatic carbocycles. The number of aryl methyl sites for hydroxylation is 1. The number of amides is 2. The van der Waals surface area contributed by atoms with Crippen molar-refractivity contribution in [1.82, 2.24) is 9.88 Å². The highest BCUT2D eigenvalue weighted by Crippen LogP contribution is 2.30. The predicted octanol–water partition coefficient (Wildman–Crippen LogP) is 4.71. The Morgan fingerprint density at radius 3 is 2.88 bits per heavy atom. The van der Waals surface area contributed by atoms with Crippen molar-refractivity contribution in [3.8, 4) is 0 Å². The Morgan fingerprint density at radius 1 is 1.12 bits per heavy atom. The molecule has 6 heteroatoms. The van der Waals surface area contributed by atoms with Gasteiger partial charge in [0, 0.05) is 29.7 Å². The first-order valence-electron chi connectivity index (χ1n) is 11.0. The van der Waals surface area contributed by atoms with Crippen molar-refractivity contribution in [1.29, 1.82) is 0 Å². The molecule has 1 N–H and O–H groups in total. The molecule has 3 heterocycles. The first-order chi connectivity index (χ1) is 15.6. The Hall–Kier alpha value is -3.67. The Bertz CT molecular complexity index is 1310. The van der Waals surface area contributed by atoms with Gasteiger partial charge in [0.05, 0.1) is 18.6 Å². The average Bonchev–Trinajstić information content (AvgIpc) is 3.22. The van der Waals surface area contributed by atoms with Crippen LogP contribution in [-0.4, -0.2) is 34.8 Å². The van der Waals surface area contributed by atoms with E-state index in [1.165, 1.54) is 0 Å². The summed E-state index contributed by atoms with van der Waals surface area (Å²) in [6.45, 7) is 2.98. The van der Waals surface area contributed by atoms with Gasteiger partial charge in [0.2, 0.25) is 11.8 Å². The fraction of sp³-hybridized carbons (Fsp3) is 0.269. The van der Waals surface area contributed by atoms with Crippen molar-refractivity contribution in [3.05, 3.63) is 72.1 Å². The van der Waals surface area contributed by atoms with E-state index in [4.69, 9.17) is 4.42 Å². The third-order valence-electron chi connectivity index (χ3n) is 6.17. The van der Waals surface area contributed by atoms with Crippen molar-refractivity contribution < 1.29 is 14.0 Å². The third-order valence-corrected chi connectivity index (χ3v) is 6.17. The molecule has 1 aliphatic heterocycles. The second-order valence-corrected chi connectivity index (χ2v) is 8.43. The summed E-state index contributed by atoms with van der Waals surface area (Å²) in [6.07, 6.45) is 3.52. The van der Waals surface area contributed by atoms with Crippen LogP contribution in [0.1, 0.15) is 24.1 Å². The van der Waals surface area contributed by atoms with Crippen molar-refractivity contribution in [2.45, 2.75) is 26.2 Å². The molecule has 2 amide bonds. The summed E-state index contributed by atoms with van der Waals surface area (Å²) >= 11 is 0. The molecule has 0 saturated carbocycles. The van der Waals surface area contributed by atoms with E-state index in [1.54, 1.807) is 17.2 Å². The molecule has 1 aliphatic rings. The van der Waals surface area contributed by atoms with Gasteiger partial charge in [-0.15, -0.1) is 0 Å². The van der Waals surface area contributed by atoms with E-state index in [1.807, 2.05) is 43.3 Å². The van der Waals surface area contributed by atoms with E-state index in [0.29, 0.717) is 18.9 Å². The molecule has 2 aromatic carbocycles. The summed E-state index contributed by atoms with van der Waals surface area (Å²) < 4.78 is 5.74. The first kappa shape index (κ1) is 20.2. The summed E-state index contributed by atoms with van der Waals surface area (Å²) in [6, 6.07) is 17.6. The maximum atomic E-state index is 13.2.